The zero-order valence-corrected chi connectivity index (χ0v) is 7.63. The van der Waals surface area contributed by atoms with Crippen LogP contribution in [-0.4, -0.2) is 23.5 Å². The van der Waals surface area contributed by atoms with Gasteiger partial charge in [-0.3, -0.25) is 9.59 Å². The molecule has 0 aliphatic rings. The van der Waals surface area contributed by atoms with Gasteiger partial charge in [-0.15, -0.1) is 0 Å². The second-order valence-electron chi connectivity index (χ2n) is 3.20. The molecular formula is C8H15NO3. The molecule has 0 radical (unpaired) electrons. The van der Waals surface area contributed by atoms with Gasteiger partial charge in [0.25, 0.3) is 0 Å². The second kappa shape index (κ2) is 4.74. The van der Waals surface area contributed by atoms with E-state index in [1.165, 1.54) is 6.92 Å². The minimum atomic E-state index is -1.09. The lowest BCUT2D eigenvalue weighted by Crippen LogP contribution is -2.35. The summed E-state index contributed by atoms with van der Waals surface area (Å²) in [5.41, 5.74) is 0. The molecule has 1 atom stereocenters. The summed E-state index contributed by atoms with van der Waals surface area (Å²) in [6, 6.07) is 0. The van der Waals surface area contributed by atoms with E-state index >= 15 is 0 Å². The van der Waals surface area contributed by atoms with Crippen molar-refractivity contribution in [1.29, 1.82) is 0 Å². The molecule has 0 saturated carbocycles. The fourth-order valence-corrected chi connectivity index (χ4v) is 0.570. The number of carboxylic acid groups (broad SMARTS) is 1. The summed E-state index contributed by atoms with van der Waals surface area (Å²) in [6.07, 6.45) is 0. The molecular weight excluding hydrogens is 158 g/mol. The standard InChI is InChI=1S/C8H15NO3/c1-5(2)4-9-7(10)6(3)8(11)12/h5-6H,4H2,1-3H3,(H,9,10)(H,11,12). The second-order valence-corrected chi connectivity index (χ2v) is 3.20. The maximum absolute atomic E-state index is 11.0. The Hall–Kier alpha value is -1.06. The molecule has 0 rings (SSSR count). The van der Waals surface area contributed by atoms with Crippen LogP contribution in [0.25, 0.3) is 0 Å². The first kappa shape index (κ1) is 10.9. The number of carboxylic acids is 1. The van der Waals surface area contributed by atoms with E-state index in [2.05, 4.69) is 5.32 Å². The van der Waals surface area contributed by atoms with Crippen LogP contribution in [0.1, 0.15) is 20.8 Å². The molecule has 0 saturated heterocycles. The summed E-state index contributed by atoms with van der Waals surface area (Å²) in [5.74, 6) is -2.12. The molecule has 0 heterocycles. The molecule has 0 bridgehead atoms. The Labute approximate surface area is 72.0 Å². The van der Waals surface area contributed by atoms with E-state index < -0.39 is 17.8 Å². The minimum absolute atomic E-state index is 0.343. The molecule has 1 amide bonds. The van der Waals surface area contributed by atoms with Gasteiger partial charge in [0.2, 0.25) is 5.91 Å². The Morgan fingerprint density at radius 3 is 2.17 bits per heavy atom. The molecule has 4 heteroatoms. The van der Waals surface area contributed by atoms with Crippen molar-refractivity contribution in [3.05, 3.63) is 0 Å². The Balaban J connectivity index is 3.80. The van der Waals surface area contributed by atoms with E-state index in [1.54, 1.807) is 0 Å². The van der Waals surface area contributed by atoms with E-state index in [-0.39, 0.29) is 0 Å². The van der Waals surface area contributed by atoms with Crippen molar-refractivity contribution in [3.63, 3.8) is 0 Å². The molecule has 1 unspecified atom stereocenters. The number of hydrogen-bond donors (Lipinski definition) is 2. The summed E-state index contributed by atoms with van der Waals surface area (Å²) in [4.78, 5) is 21.3. The molecule has 2 N–H and O–H groups in total. The third-order valence-corrected chi connectivity index (χ3v) is 1.45. The van der Waals surface area contributed by atoms with E-state index in [4.69, 9.17) is 5.11 Å². The van der Waals surface area contributed by atoms with Gasteiger partial charge >= 0.3 is 5.97 Å². The smallest absolute Gasteiger partial charge is 0.315 e. The maximum atomic E-state index is 11.0. The number of rotatable bonds is 4. The van der Waals surface area contributed by atoms with E-state index in [0.717, 1.165) is 0 Å². The van der Waals surface area contributed by atoms with Gasteiger partial charge in [-0.25, -0.2) is 0 Å². The molecule has 12 heavy (non-hydrogen) atoms. The summed E-state index contributed by atoms with van der Waals surface area (Å²) >= 11 is 0. The largest absolute Gasteiger partial charge is 0.481 e. The van der Waals surface area contributed by atoms with Crippen molar-refractivity contribution in [2.24, 2.45) is 11.8 Å². The third kappa shape index (κ3) is 3.95. The van der Waals surface area contributed by atoms with Crippen molar-refractivity contribution >= 4 is 11.9 Å². The van der Waals surface area contributed by atoms with Crippen LogP contribution in [-0.2, 0) is 9.59 Å². The van der Waals surface area contributed by atoms with Crippen LogP contribution < -0.4 is 5.32 Å². The fraction of sp³-hybridized carbons (Fsp3) is 0.750. The lowest BCUT2D eigenvalue weighted by atomic mass is 10.1. The lowest BCUT2D eigenvalue weighted by molar-refractivity contribution is -0.146. The quantitative estimate of drug-likeness (QED) is 0.607. The number of carbonyl (C=O) groups excluding carboxylic acids is 1. The van der Waals surface area contributed by atoms with Gasteiger partial charge in [0.05, 0.1) is 0 Å². The predicted octanol–water partition coefficient (Wildman–Crippen LogP) is 0.479. The summed E-state index contributed by atoms with van der Waals surface area (Å²) in [7, 11) is 0. The Kier molecular flexibility index (Phi) is 4.33. The highest BCUT2D eigenvalue weighted by Crippen LogP contribution is 1.95. The molecule has 0 aliphatic heterocycles. The first-order valence-corrected chi connectivity index (χ1v) is 3.95. The average Bonchev–Trinajstić information content (AvgIpc) is 1.98. The zero-order chi connectivity index (χ0) is 9.72. The zero-order valence-electron chi connectivity index (χ0n) is 7.63. The van der Waals surface area contributed by atoms with Gasteiger partial charge in [0.15, 0.2) is 0 Å². The Bertz CT molecular complexity index is 177. The van der Waals surface area contributed by atoms with E-state index in [0.29, 0.717) is 12.5 Å². The SMILES string of the molecule is CC(C)CNC(=O)C(C)C(=O)O. The van der Waals surface area contributed by atoms with Crippen LogP contribution in [0.3, 0.4) is 0 Å². The molecule has 0 fully saturated rings. The average molecular weight is 173 g/mol. The topological polar surface area (TPSA) is 66.4 Å². The van der Waals surface area contributed by atoms with Crippen molar-refractivity contribution in [3.8, 4) is 0 Å². The van der Waals surface area contributed by atoms with Gasteiger partial charge in [-0.1, -0.05) is 13.8 Å². The van der Waals surface area contributed by atoms with Crippen molar-refractivity contribution < 1.29 is 14.7 Å². The highest BCUT2D eigenvalue weighted by atomic mass is 16.4. The predicted molar refractivity (Wildman–Crippen MR) is 44.6 cm³/mol. The minimum Gasteiger partial charge on any atom is -0.481 e. The molecule has 0 spiro atoms. The van der Waals surface area contributed by atoms with E-state index in [9.17, 15) is 9.59 Å². The molecule has 4 nitrogen and oxygen atoms in total. The van der Waals surface area contributed by atoms with Crippen LogP contribution in [0.4, 0.5) is 0 Å². The van der Waals surface area contributed by atoms with Crippen LogP contribution >= 0.6 is 0 Å². The Morgan fingerprint density at radius 2 is 1.83 bits per heavy atom. The maximum Gasteiger partial charge on any atom is 0.315 e. The van der Waals surface area contributed by atoms with Crippen LogP contribution in [0, 0.1) is 11.8 Å². The highest BCUT2D eigenvalue weighted by molar-refractivity contribution is 5.96. The first-order valence-electron chi connectivity index (χ1n) is 3.95. The van der Waals surface area contributed by atoms with Crippen LogP contribution in [0.2, 0.25) is 0 Å². The van der Waals surface area contributed by atoms with Crippen molar-refractivity contribution in [1.82, 2.24) is 5.32 Å². The van der Waals surface area contributed by atoms with Crippen LogP contribution in [0.15, 0.2) is 0 Å². The highest BCUT2D eigenvalue weighted by Gasteiger charge is 2.19. The first-order chi connectivity index (χ1) is 5.45. The normalized spacial score (nSPS) is 12.7. The van der Waals surface area contributed by atoms with Gasteiger partial charge in [0, 0.05) is 6.54 Å². The number of nitrogens with one attached hydrogen (secondary N) is 1. The Morgan fingerprint density at radius 1 is 1.33 bits per heavy atom. The molecule has 0 aliphatic carbocycles. The van der Waals surface area contributed by atoms with Gasteiger partial charge < -0.3 is 10.4 Å². The van der Waals surface area contributed by atoms with Gasteiger partial charge in [-0.05, 0) is 12.8 Å². The fourth-order valence-electron chi connectivity index (χ4n) is 0.570. The van der Waals surface area contributed by atoms with Crippen molar-refractivity contribution in [2.75, 3.05) is 6.54 Å². The number of amides is 1. The van der Waals surface area contributed by atoms with Gasteiger partial charge in [0.1, 0.15) is 5.92 Å². The number of carbonyl (C=O) groups is 2. The summed E-state index contributed by atoms with van der Waals surface area (Å²) < 4.78 is 0. The van der Waals surface area contributed by atoms with Gasteiger partial charge in [-0.2, -0.15) is 0 Å². The molecule has 0 aromatic rings. The number of hydrogen-bond acceptors (Lipinski definition) is 2. The third-order valence-electron chi connectivity index (χ3n) is 1.45. The molecule has 0 aromatic carbocycles. The molecule has 70 valence electrons. The number of aliphatic carboxylic acids is 1. The van der Waals surface area contributed by atoms with Crippen LogP contribution in [0.5, 0.6) is 0 Å². The monoisotopic (exact) mass is 173 g/mol. The lowest BCUT2D eigenvalue weighted by Gasteiger charge is -2.09. The van der Waals surface area contributed by atoms with E-state index in [1.807, 2.05) is 13.8 Å². The van der Waals surface area contributed by atoms with Crippen molar-refractivity contribution in [2.45, 2.75) is 20.8 Å². The molecule has 0 aromatic heterocycles. The summed E-state index contributed by atoms with van der Waals surface area (Å²) in [5, 5.41) is 11.0. The summed E-state index contributed by atoms with van der Waals surface area (Å²) in [6.45, 7) is 5.80.